The normalized spacial score (nSPS) is 6.67. The molecular formula is C3H5N2O. The third-order valence-corrected chi connectivity index (χ3v) is 0.226. The van der Waals surface area contributed by atoms with E-state index in [4.69, 9.17) is 6.58 Å². The molecule has 2 amide bonds. The summed E-state index contributed by atoms with van der Waals surface area (Å²) in [5.41, 5.74) is 4.54. The Bertz CT molecular complexity index is 69.2. The van der Waals surface area contributed by atoms with E-state index in [-0.39, 0.29) is 0 Å². The molecular weight excluding hydrogens is 80.0 g/mol. The molecule has 0 atom stereocenters. The average Bonchev–Trinajstić information content (AvgIpc) is 1.35. The molecule has 0 unspecified atom stereocenters. The number of carbonyl (C=O) groups excluding carboxylic acids is 1. The molecule has 0 aliphatic heterocycles. The van der Waals surface area contributed by atoms with Crippen molar-refractivity contribution < 1.29 is 4.79 Å². The van der Waals surface area contributed by atoms with Crippen molar-refractivity contribution in [1.82, 2.24) is 5.32 Å². The van der Waals surface area contributed by atoms with Gasteiger partial charge in [-0.15, -0.1) is 0 Å². The van der Waals surface area contributed by atoms with Gasteiger partial charge in [0.25, 0.3) is 0 Å². The van der Waals surface area contributed by atoms with E-state index in [0.29, 0.717) is 0 Å². The van der Waals surface area contributed by atoms with Crippen molar-refractivity contribution in [3.8, 4) is 0 Å². The zero-order valence-corrected chi connectivity index (χ0v) is 3.14. The Balaban J connectivity index is 3.05. The summed E-state index contributed by atoms with van der Waals surface area (Å²) in [6.07, 6.45) is 0.975. The van der Waals surface area contributed by atoms with E-state index < -0.39 is 6.03 Å². The van der Waals surface area contributed by atoms with E-state index in [9.17, 15) is 4.79 Å². The fourth-order valence-corrected chi connectivity index (χ4v) is 0.0821. The molecule has 0 aromatic heterocycles. The molecule has 0 saturated carbocycles. The summed E-state index contributed by atoms with van der Waals surface area (Å²) in [7, 11) is 0. The number of amides is 2. The minimum Gasteiger partial charge on any atom is -0.351 e. The van der Waals surface area contributed by atoms with Crippen molar-refractivity contribution in [2.24, 2.45) is 5.73 Å². The molecule has 6 heavy (non-hydrogen) atoms. The summed E-state index contributed by atoms with van der Waals surface area (Å²) < 4.78 is 0. The molecule has 0 spiro atoms. The van der Waals surface area contributed by atoms with Crippen LogP contribution in [0.2, 0.25) is 0 Å². The molecule has 0 heterocycles. The molecule has 0 aromatic carbocycles. The van der Waals surface area contributed by atoms with Crippen molar-refractivity contribution in [3.05, 3.63) is 12.8 Å². The number of carbonyl (C=O) groups is 1. The van der Waals surface area contributed by atoms with Gasteiger partial charge in [0, 0.05) is 6.20 Å². The summed E-state index contributed by atoms with van der Waals surface area (Å²) in [5, 5.41) is 2.00. The Morgan fingerprint density at radius 2 is 2.50 bits per heavy atom. The lowest BCUT2D eigenvalue weighted by Crippen LogP contribution is -2.23. The van der Waals surface area contributed by atoms with Gasteiger partial charge in [-0.25, -0.2) is 4.79 Å². The minimum atomic E-state index is -0.641. The molecule has 0 saturated heterocycles. The van der Waals surface area contributed by atoms with Crippen LogP contribution in [0.4, 0.5) is 4.79 Å². The molecule has 0 fully saturated rings. The van der Waals surface area contributed by atoms with Gasteiger partial charge in [-0.1, -0.05) is 0 Å². The largest absolute Gasteiger partial charge is 0.351 e. The van der Waals surface area contributed by atoms with Crippen LogP contribution in [0.15, 0.2) is 6.20 Å². The first-order valence-electron chi connectivity index (χ1n) is 1.36. The van der Waals surface area contributed by atoms with Gasteiger partial charge < -0.3 is 11.1 Å². The fraction of sp³-hybridized carbons (Fsp3) is 0. The summed E-state index contributed by atoms with van der Waals surface area (Å²) in [4.78, 5) is 9.60. The van der Waals surface area contributed by atoms with Gasteiger partial charge in [0.2, 0.25) is 0 Å². The Labute approximate surface area is 35.8 Å². The highest BCUT2D eigenvalue weighted by atomic mass is 16.2. The second-order valence-corrected chi connectivity index (χ2v) is 0.675. The van der Waals surface area contributed by atoms with Crippen LogP contribution in [0.1, 0.15) is 0 Å². The number of rotatable bonds is 1. The summed E-state index contributed by atoms with van der Waals surface area (Å²) in [6.45, 7) is 4.69. The number of nitrogens with two attached hydrogens (primary N) is 1. The molecule has 3 N–H and O–H groups in total. The van der Waals surface area contributed by atoms with Crippen molar-refractivity contribution >= 4 is 6.03 Å². The highest BCUT2D eigenvalue weighted by Crippen LogP contribution is 1.49. The summed E-state index contributed by atoms with van der Waals surface area (Å²) in [6, 6.07) is -0.641. The maximum Gasteiger partial charge on any atom is 0.316 e. The first-order chi connectivity index (χ1) is 2.77. The third-order valence-electron chi connectivity index (χ3n) is 0.226. The molecule has 3 heteroatoms. The van der Waals surface area contributed by atoms with Crippen LogP contribution in [0, 0.1) is 6.58 Å². The van der Waals surface area contributed by atoms with E-state index in [1.807, 2.05) is 5.32 Å². The standard InChI is InChI=1S/C3H5N2O/c1-2-5-3(4)6/h1-2H,(H3,4,5,6). The molecule has 0 aromatic rings. The number of hydrogen-bond acceptors (Lipinski definition) is 1. The lowest BCUT2D eigenvalue weighted by molar-refractivity contribution is 0.252. The lowest BCUT2D eigenvalue weighted by atomic mass is 10.9. The van der Waals surface area contributed by atoms with Crippen molar-refractivity contribution in [2.45, 2.75) is 0 Å². The highest BCUT2D eigenvalue weighted by molar-refractivity contribution is 5.72. The van der Waals surface area contributed by atoms with Crippen LogP contribution in [0.25, 0.3) is 0 Å². The van der Waals surface area contributed by atoms with E-state index >= 15 is 0 Å². The van der Waals surface area contributed by atoms with Crippen LogP contribution < -0.4 is 11.1 Å². The predicted octanol–water partition coefficient (Wildman–Crippen LogP) is -0.399. The Hall–Kier alpha value is -0.990. The molecule has 0 bridgehead atoms. The lowest BCUT2D eigenvalue weighted by Gasteiger charge is -1.83. The van der Waals surface area contributed by atoms with E-state index in [0.717, 1.165) is 6.20 Å². The van der Waals surface area contributed by atoms with Crippen LogP contribution in [0.5, 0.6) is 0 Å². The second kappa shape index (κ2) is 2.26. The first-order valence-corrected chi connectivity index (χ1v) is 1.36. The summed E-state index contributed by atoms with van der Waals surface area (Å²) >= 11 is 0. The highest BCUT2D eigenvalue weighted by Gasteiger charge is 1.76. The summed E-state index contributed by atoms with van der Waals surface area (Å²) in [5.74, 6) is 0. The smallest absolute Gasteiger partial charge is 0.316 e. The monoisotopic (exact) mass is 85.0 g/mol. The maximum atomic E-state index is 9.60. The third kappa shape index (κ3) is 3.01. The molecule has 1 radical (unpaired) electrons. The van der Waals surface area contributed by atoms with E-state index in [1.165, 1.54) is 0 Å². The second-order valence-electron chi connectivity index (χ2n) is 0.675. The number of urea groups is 1. The first kappa shape index (κ1) is 5.01. The SMILES string of the molecule is [CH]=CNC(N)=O. The molecule has 0 aliphatic carbocycles. The topological polar surface area (TPSA) is 55.1 Å². The quantitative estimate of drug-likeness (QED) is 0.447. The molecule has 0 aliphatic rings. The Morgan fingerprint density at radius 1 is 2.00 bits per heavy atom. The van der Waals surface area contributed by atoms with Crippen molar-refractivity contribution in [2.75, 3.05) is 0 Å². The Morgan fingerprint density at radius 3 is 2.50 bits per heavy atom. The van der Waals surface area contributed by atoms with Crippen molar-refractivity contribution in [1.29, 1.82) is 0 Å². The van der Waals surface area contributed by atoms with E-state index in [1.54, 1.807) is 0 Å². The van der Waals surface area contributed by atoms with Gasteiger partial charge in [0.05, 0.1) is 0 Å². The Kier molecular flexibility index (Phi) is 1.89. The van der Waals surface area contributed by atoms with Gasteiger partial charge in [0.15, 0.2) is 0 Å². The minimum absolute atomic E-state index is 0.641. The number of hydrogen-bond donors (Lipinski definition) is 2. The predicted molar refractivity (Wildman–Crippen MR) is 21.6 cm³/mol. The van der Waals surface area contributed by atoms with Crippen LogP contribution >= 0.6 is 0 Å². The zero-order chi connectivity index (χ0) is 4.99. The maximum absolute atomic E-state index is 9.60. The van der Waals surface area contributed by atoms with Crippen LogP contribution in [-0.4, -0.2) is 6.03 Å². The number of primary amides is 1. The van der Waals surface area contributed by atoms with Crippen LogP contribution in [-0.2, 0) is 0 Å². The van der Waals surface area contributed by atoms with Crippen molar-refractivity contribution in [3.63, 3.8) is 0 Å². The van der Waals surface area contributed by atoms with Gasteiger partial charge in [-0.3, -0.25) is 0 Å². The zero-order valence-electron chi connectivity index (χ0n) is 3.14. The van der Waals surface area contributed by atoms with Gasteiger partial charge in [-0.05, 0) is 6.58 Å². The van der Waals surface area contributed by atoms with Gasteiger partial charge in [0.1, 0.15) is 0 Å². The average molecular weight is 85.1 g/mol. The van der Waals surface area contributed by atoms with E-state index in [2.05, 4.69) is 5.73 Å². The molecule has 3 nitrogen and oxygen atoms in total. The molecule has 33 valence electrons. The fourth-order valence-electron chi connectivity index (χ4n) is 0.0821. The molecule has 0 rings (SSSR count). The van der Waals surface area contributed by atoms with Gasteiger partial charge in [-0.2, -0.15) is 0 Å². The van der Waals surface area contributed by atoms with Crippen LogP contribution in [0.3, 0.4) is 0 Å². The van der Waals surface area contributed by atoms with Gasteiger partial charge >= 0.3 is 6.03 Å². The number of nitrogens with one attached hydrogen (secondary N) is 1.